The first-order valence-electron chi connectivity index (χ1n) is 4.23. The fourth-order valence-electron chi connectivity index (χ4n) is 1.01. The van der Waals surface area contributed by atoms with E-state index in [2.05, 4.69) is 4.98 Å². The van der Waals surface area contributed by atoms with Crippen LogP contribution in [0.2, 0.25) is 0 Å². The van der Waals surface area contributed by atoms with Gasteiger partial charge in [0, 0.05) is 18.0 Å². The summed E-state index contributed by atoms with van der Waals surface area (Å²) in [7, 11) is 1.65. The standard InChI is InChI=1S/C10H14N2O/c1-13-10-5-7-12-8-9(10)4-2-3-6-11/h2,4-5,7-8H,3,6,11H2,1H3. The van der Waals surface area contributed by atoms with Crippen LogP contribution >= 0.6 is 0 Å². The molecule has 0 radical (unpaired) electrons. The molecule has 0 saturated heterocycles. The van der Waals surface area contributed by atoms with Crippen LogP contribution in [0, 0.1) is 0 Å². The van der Waals surface area contributed by atoms with Gasteiger partial charge in [-0.2, -0.15) is 0 Å². The minimum atomic E-state index is 0.666. The van der Waals surface area contributed by atoms with Gasteiger partial charge in [0.2, 0.25) is 0 Å². The van der Waals surface area contributed by atoms with Gasteiger partial charge in [0.05, 0.1) is 7.11 Å². The van der Waals surface area contributed by atoms with E-state index in [0.717, 1.165) is 17.7 Å². The molecule has 0 spiro atoms. The number of aromatic nitrogens is 1. The molecular weight excluding hydrogens is 164 g/mol. The van der Waals surface area contributed by atoms with Crippen LogP contribution in [-0.4, -0.2) is 18.6 Å². The molecule has 3 nitrogen and oxygen atoms in total. The maximum atomic E-state index is 5.37. The number of nitrogens with two attached hydrogens (primary N) is 1. The van der Waals surface area contributed by atoms with E-state index < -0.39 is 0 Å². The van der Waals surface area contributed by atoms with Crippen molar-refractivity contribution in [2.45, 2.75) is 6.42 Å². The second kappa shape index (κ2) is 5.32. The van der Waals surface area contributed by atoms with E-state index in [9.17, 15) is 0 Å². The highest BCUT2D eigenvalue weighted by Crippen LogP contribution is 2.17. The Morgan fingerprint density at radius 1 is 1.62 bits per heavy atom. The summed E-state index contributed by atoms with van der Waals surface area (Å²) < 4.78 is 5.15. The van der Waals surface area contributed by atoms with Crippen LogP contribution in [0.5, 0.6) is 5.75 Å². The lowest BCUT2D eigenvalue weighted by atomic mass is 10.2. The van der Waals surface area contributed by atoms with Crippen LogP contribution in [0.3, 0.4) is 0 Å². The van der Waals surface area contributed by atoms with Gasteiger partial charge in [-0.05, 0) is 19.0 Å². The van der Waals surface area contributed by atoms with Crippen molar-refractivity contribution < 1.29 is 4.74 Å². The van der Waals surface area contributed by atoms with E-state index >= 15 is 0 Å². The Balaban J connectivity index is 2.74. The molecule has 1 rings (SSSR count). The minimum absolute atomic E-state index is 0.666. The maximum Gasteiger partial charge on any atom is 0.129 e. The minimum Gasteiger partial charge on any atom is -0.496 e. The van der Waals surface area contributed by atoms with E-state index in [1.54, 1.807) is 19.5 Å². The van der Waals surface area contributed by atoms with Gasteiger partial charge < -0.3 is 10.5 Å². The van der Waals surface area contributed by atoms with Crippen molar-refractivity contribution in [3.05, 3.63) is 30.1 Å². The molecular formula is C10H14N2O. The Bertz CT molecular complexity index is 284. The Kier molecular flexibility index (Phi) is 3.99. The number of methoxy groups -OCH3 is 1. The molecule has 0 atom stereocenters. The van der Waals surface area contributed by atoms with Crippen molar-refractivity contribution in [1.82, 2.24) is 4.98 Å². The van der Waals surface area contributed by atoms with Crippen molar-refractivity contribution in [3.63, 3.8) is 0 Å². The second-order valence-electron chi connectivity index (χ2n) is 2.60. The van der Waals surface area contributed by atoms with E-state index in [4.69, 9.17) is 10.5 Å². The molecule has 2 N–H and O–H groups in total. The molecule has 0 aliphatic heterocycles. The third-order valence-corrected chi connectivity index (χ3v) is 1.66. The lowest BCUT2D eigenvalue weighted by molar-refractivity contribution is 0.413. The smallest absolute Gasteiger partial charge is 0.129 e. The second-order valence-corrected chi connectivity index (χ2v) is 2.60. The summed E-state index contributed by atoms with van der Waals surface area (Å²) in [5.74, 6) is 0.836. The zero-order valence-corrected chi connectivity index (χ0v) is 7.73. The summed E-state index contributed by atoms with van der Waals surface area (Å²) in [6, 6.07) is 1.84. The van der Waals surface area contributed by atoms with Gasteiger partial charge in [0.15, 0.2) is 0 Å². The molecule has 0 fully saturated rings. The van der Waals surface area contributed by atoms with Gasteiger partial charge in [-0.1, -0.05) is 12.2 Å². The molecule has 0 unspecified atom stereocenters. The predicted octanol–water partition coefficient (Wildman–Crippen LogP) is 1.45. The van der Waals surface area contributed by atoms with E-state index in [-0.39, 0.29) is 0 Å². The van der Waals surface area contributed by atoms with Crippen LogP contribution in [0.15, 0.2) is 24.5 Å². The van der Waals surface area contributed by atoms with Gasteiger partial charge >= 0.3 is 0 Å². The Morgan fingerprint density at radius 3 is 3.15 bits per heavy atom. The topological polar surface area (TPSA) is 48.1 Å². The normalized spacial score (nSPS) is 10.6. The van der Waals surface area contributed by atoms with E-state index in [1.165, 1.54) is 0 Å². The first-order valence-corrected chi connectivity index (χ1v) is 4.23. The van der Waals surface area contributed by atoms with Crippen LogP contribution < -0.4 is 10.5 Å². The Morgan fingerprint density at radius 2 is 2.46 bits per heavy atom. The lowest BCUT2D eigenvalue weighted by Crippen LogP contribution is -1.95. The van der Waals surface area contributed by atoms with Crippen molar-refractivity contribution in [3.8, 4) is 5.75 Å². The molecule has 0 amide bonds. The van der Waals surface area contributed by atoms with E-state index in [0.29, 0.717) is 6.54 Å². The third kappa shape index (κ3) is 2.87. The van der Waals surface area contributed by atoms with Crippen molar-refractivity contribution >= 4 is 6.08 Å². The SMILES string of the molecule is COc1ccncc1C=CCCN. The van der Waals surface area contributed by atoms with Crippen LogP contribution in [-0.2, 0) is 0 Å². The molecule has 0 aliphatic carbocycles. The molecule has 0 aromatic carbocycles. The van der Waals surface area contributed by atoms with Gasteiger partial charge in [-0.3, -0.25) is 4.98 Å². The molecule has 70 valence electrons. The van der Waals surface area contributed by atoms with Gasteiger partial charge in [0.1, 0.15) is 5.75 Å². The number of rotatable bonds is 4. The summed E-state index contributed by atoms with van der Waals surface area (Å²) in [6.07, 6.45) is 8.33. The predicted molar refractivity (Wildman–Crippen MR) is 53.5 cm³/mol. The van der Waals surface area contributed by atoms with Gasteiger partial charge in [0.25, 0.3) is 0 Å². The monoisotopic (exact) mass is 178 g/mol. The number of hydrogen-bond donors (Lipinski definition) is 1. The molecule has 0 saturated carbocycles. The number of pyridine rings is 1. The average Bonchev–Trinajstić information content (AvgIpc) is 2.19. The average molecular weight is 178 g/mol. The Labute approximate surface area is 78.2 Å². The Hall–Kier alpha value is -1.35. The zero-order valence-electron chi connectivity index (χ0n) is 7.73. The summed E-state index contributed by atoms with van der Waals surface area (Å²) in [6.45, 7) is 0.666. The molecule has 1 aromatic rings. The highest BCUT2D eigenvalue weighted by molar-refractivity contribution is 5.55. The highest BCUT2D eigenvalue weighted by atomic mass is 16.5. The van der Waals surface area contributed by atoms with Crippen LogP contribution in [0.1, 0.15) is 12.0 Å². The molecule has 13 heavy (non-hydrogen) atoms. The largest absolute Gasteiger partial charge is 0.496 e. The highest BCUT2D eigenvalue weighted by Gasteiger charge is 1.96. The molecule has 0 bridgehead atoms. The summed E-state index contributed by atoms with van der Waals surface area (Å²) in [5, 5.41) is 0. The number of nitrogens with zero attached hydrogens (tertiary/aromatic N) is 1. The maximum absolute atomic E-state index is 5.37. The summed E-state index contributed by atoms with van der Waals surface area (Å²) >= 11 is 0. The fourth-order valence-corrected chi connectivity index (χ4v) is 1.01. The zero-order chi connectivity index (χ0) is 9.52. The molecule has 0 aliphatic rings. The number of hydrogen-bond acceptors (Lipinski definition) is 3. The molecule has 1 aromatic heterocycles. The first kappa shape index (κ1) is 9.74. The van der Waals surface area contributed by atoms with E-state index in [1.807, 2.05) is 18.2 Å². The lowest BCUT2D eigenvalue weighted by Gasteiger charge is -2.02. The quantitative estimate of drug-likeness (QED) is 0.759. The fraction of sp³-hybridized carbons (Fsp3) is 0.300. The van der Waals surface area contributed by atoms with Crippen LogP contribution in [0.4, 0.5) is 0 Å². The van der Waals surface area contributed by atoms with Crippen molar-refractivity contribution in [2.24, 2.45) is 5.73 Å². The molecule has 3 heteroatoms. The summed E-state index contributed by atoms with van der Waals surface area (Å²) in [5.41, 5.74) is 6.35. The first-order chi connectivity index (χ1) is 6.38. The summed E-state index contributed by atoms with van der Waals surface area (Å²) in [4.78, 5) is 4.01. The van der Waals surface area contributed by atoms with Gasteiger partial charge in [-0.25, -0.2) is 0 Å². The van der Waals surface area contributed by atoms with Gasteiger partial charge in [-0.15, -0.1) is 0 Å². The van der Waals surface area contributed by atoms with Crippen molar-refractivity contribution in [1.29, 1.82) is 0 Å². The number of ether oxygens (including phenoxy) is 1. The van der Waals surface area contributed by atoms with Crippen LogP contribution in [0.25, 0.3) is 6.08 Å². The molecule has 1 heterocycles. The third-order valence-electron chi connectivity index (χ3n) is 1.66. The van der Waals surface area contributed by atoms with Crippen molar-refractivity contribution in [2.75, 3.05) is 13.7 Å².